The molecule has 0 spiro atoms. The molecule has 0 saturated carbocycles. The molecule has 0 bridgehead atoms. The second-order valence-corrected chi connectivity index (χ2v) is 4.93. The summed E-state index contributed by atoms with van der Waals surface area (Å²) < 4.78 is 5.38. The zero-order valence-corrected chi connectivity index (χ0v) is 10.6. The van der Waals surface area contributed by atoms with E-state index in [1.165, 1.54) is 0 Å². The van der Waals surface area contributed by atoms with Crippen molar-refractivity contribution in [2.24, 2.45) is 5.41 Å². The van der Waals surface area contributed by atoms with E-state index >= 15 is 0 Å². The number of aliphatic carboxylic acids is 1. The molecule has 1 unspecified atom stereocenters. The van der Waals surface area contributed by atoms with Crippen LogP contribution in [0.2, 0.25) is 0 Å². The number of para-hydroxylation sites is 1. The number of benzene rings is 1. The Balaban J connectivity index is 2.12. The summed E-state index contributed by atoms with van der Waals surface area (Å²) in [5, 5.41) is 9.48. The third-order valence-electron chi connectivity index (χ3n) is 3.51. The Bertz CT molecular complexity index is 399. The number of carbonyl (C=O) groups is 1. The van der Waals surface area contributed by atoms with E-state index in [1.54, 1.807) is 0 Å². The maximum absolute atomic E-state index is 11.5. The first kappa shape index (κ1) is 12.9. The summed E-state index contributed by atoms with van der Waals surface area (Å²) in [6.07, 6.45) is 1.49. The van der Waals surface area contributed by atoms with Crippen molar-refractivity contribution in [3.05, 3.63) is 30.3 Å². The van der Waals surface area contributed by atoms with Crippen LogP contribution in [-0.4, -0.2) is 37.9 Å². The molecule has 2 rings (SSSR count). The average molecular weight is 249 g/mol. The van der Waals surface area contributed by atoms with Gasteiger partial charge < -0.3 is 14.7 Å². The lowest BCUT2D eigenvalue weighted by Gasteiger charge is -2.36. The molecule has 1 saturated heterocycles. The fourth-order valence-electron chi connectivity index (χ4n) is 2.44. The molecule has 18 heavy (non-hydrogen) atoms. The van der Waals surface area contributed by atoms with Crippen molar-refractivity contribution in [1.29, 1.82) is 0 Å². The van der Waals surface area contributed by atoms with Crippen LogP contribution in [0.3, 0.4) is 0 Å². The molecule has 1 atom stereocenters. The Hall–Kier alpha value is -1.55. The van der Waals surface area contributed by atoms with E-state index in [1.807, 2.05) is 42.3 Å². The van der Waals surface area contributed by atoms with E-state index in [0.717, 1.165) is 12.1 Å². The highest BCUT2D eigenvalue weighted by atomic mass is 16.5. The molecule has 1 aliphatic rings. The zero-order chi connectivity index (χ0) is 13.0. The molecule has 1 fully saturated rings. The lowest BCUT2D eigenvalue weighted by atomic mass is 9.82. The first-order chi connectivity index (χ1) is 8.64. The highest BCUT2D eigenvalue weighted by Gasteiger charge is 2.41. The molecule has 1 aliphatic heterocycles. The van der Waals surface area contributed by atoms with Crippen LogP contribution in [0.25, 0.3) is 0 Å². The highest BCUT2D eigenvalue weighted by Crippen LogP contribution is 2.31. The number of carboxylic acid groups (broad SMARTS) is 1. The number of carboxylic acids is 1. The first-order valence-electron chi connectivity index (χ1n) is 6.21. The van der Waals surface area contributed by atoms with Crippen molar-refractivity contribution in [1.82, 2.24) is 0 Å². The minimum absolute atomic E-state index is 0.305. The second kappa shape index (κ2) is 5.40. The van der Waals surface area contributed by atoms with E-state index in [2.05, 4.69) is 0 Å². The van der Waals surface area contributed by atoms with Gasteiger partial charge in [0, 0.05) is 25.9 Å². The van der Waals surface area contributed by atoms with Crippen LogP contribution >= 0.6 is 0 Å². The van der Waals surface area contributed by atoms with E-state index < -0.39 is 11.4 Å². The normalized spacial score (nSPS) is 23.6. The van der Waals surface area contributed by atoms with Gasteiger partial charge in [-0.2, -0.15) is 0 Å². The fraction of sp³-hybridized carbons (Fsp3) is 0.500. The van der Waals surface area contributed by atoms with Gasteiger partial charge in [-0.05, 0) is 25.0 Å². The van der Waals surface area contributed by atoms with Crippen LogP contribution in [0, 0.1) is 5.41 Å². The topological polar surface area (TPSA) is 49.8 Å². The van der Waals surface area contributed by atoms with Gasteiger partial charge in [-0.3, -0.25) is 4.79 Å². The van der Waals surface area contributed by atoms with Crippen molar-refractivity contribution in [2.45, 2.75) is 12.8 Å². The molecule has 1 aromatic carbocycles. The van der Waals surface area contributed by atoms with Crippen molar-refractivity contribution in [3.63, 3.8) is 0 Å². The first-order valence-corrected chi connectivity index (χ1v) is 6.21. The van der Waals surface area contributed by atoms with E-state index in [9.17, 15) is 9.90 Å². The molecule has 4 heteroatoms. The molecular formula is C14H19NO3. The Morgan fingerprint density at radius 3 is 2.72 bits per heavy atom. The standard InChI is InChI=1S/C14H19NO3/c1-15(12-6-3-2-4-7-12)10-14(13(16)17)8-5-9-18-11-14/h2-4,6-7H,5,8-11H2,1H3,(H,16,17). The van der Waals surface area contributed by atoms with E-state index in [4.69, 9.17) is 4.74 Å². The Morgan fingerprint density at radius 1 is 1.44 bits per heavy atom. The second-order valence-electron chi connectivity index (χ2n) is 4.93. The number of hydrogen-bond acceptors (Lipinski definition) is 3. The van der Waals surface area contributed by atoms with Crippen LogP contribution in [0.4, 0.5) is 5.69 Å². The van der Waals surface area contributed by atoms with Gasteiger partial charge in [0.1, 0.15) is 5.41 Å². The number of hydrogen-bond donors (Lipinski definition) is 1. The molecule has 98 valence electrons. The molecule has 4 nitrogen and oxygen atoms in total. The van der Waals surface area contributed by atoms with Crippen LogP contribution in [0.1, 0.15) is 12.8 Å². The lowest BCUT2D eigenvalue weighted by Crippen LogP contribution is -2.47. The predicted molar refractivity (Wildman–Crippen MR) is 69.8 cm³/mol. The molecule has 0 radical (unpaired) electrons. The van der Waals surface area contributed by atoms with Crippen molar-refractivity contribution < 1.29 is 14.6 Å². The molecular weight excluding hydrogens is 230 g/mol. The zero-order valence-electron chi connectivity index (χ0n) is 10.6. The third-order valence-corrected chi connectivity index (χ3v) is 3.51. The van der Waals surface area contributed by atoms with Gasteiger partial charge in [-0.15, -0.1) is 0 Å². The van der Waals surface area contributed by atoms with Gasteiger partial charge >= 0.3 is 5.97 Å². The van der Waals surface area contributed by atoms with Gasteiger partial charge in [0.2, 0.25) is 0 Å². The molecule has 1 heterocycles. The SMILES string of the molecule is CN(CC1(C(=O)O)CCCOC1)c1ccccc1. The van der Waals surface area contributed by atoms with Crippen LogP contribution < -0.4 is 4.90 Å². The van der Waals surface area contributed by atoms with E-state index in [-0.39, 0.29) is 0 Å². The van der Waals surface area contributed by atoms with Gasteiger partial charge in [0.15, 0.2) is 0 Å². The third kappa shape index (κ3) is 2.64. The van der Waals surface area contributed by atoms with Crippen LogP contribution in [0.15, 0.2) is 30.3 Å². The molecule has 1 aromatic rings. The molecule has 1 N–H and O–H groups in total. The maximum Gasteiger partial charge on any atom is 0.313 e. The summed E-state index contributed by atoms with van der Waals surface area (Å²) in [5.41, 5.74) is 0.256. The van der Waals surface area contributed by atoms with Gasteiger partial charge in [0.05, 0.1) is 6.61 Å². The minimum atomic E-state index is -0.775. The van der Waals surface area contributed by atoms with Crippen molar-refractivity contribution in [2.75, 3.05) is 31.7 Å². The monoisotopic (exact) mass is 249 g/mol. The average Bonchev–Trinajstić information content (AvgIpc) is 2.40. The van der Waals surface area contributed by atoms with Crippen LogP contribution in [0.5, 0.6) is 0 Å². The largest absolute Gasteiger partial charge is 0.481 e. The Labute approximate surface area is 107 Å². The summed E-state index contributed by atoms with van der Waals surface area (Å²) in [6, 6.07) is 9.83. The fourth-order valence-corrected chi connectivity index (χ4v) is 2.44. The minimum Gasteiger partial charge on any atom is -0.481 e. The van der Waals surface area contributed by atoms with Gasteiger partial charge in [-0.25, -0.2) is 0 Å². The molecule has 0 aromatic heterocycles. The Kier molecular flexibility index (Phi) is 3.87. The lowest BCUT2D eigenvalue weighted by molar-refractivity contribution is -0.156. The number of ether oxygens (including phenoxy) is 1. The Morgan fingerprint density at radius 2 is 2.17 bits per heavy atom. The number of nitrogens with zero attached hydrogens (tertiary/aromatic N) is 1. The summed E-state index contributed by atoms with van der Waals surface area (Å²) in [4.78, 5) is 13.5. The summed E-state index contributed by atoms with van der Waals surface area (Å²) >= 11 is 0. The van der Waals surface area contributed by atoms with E-state index in [0.29, 0.717) is 26.2 Å². The summed E-state index contributed by atoms with van der Waals surface area (Å²) in [7, 11) is 1.93. The predicted octanol–water partition coefficient (Wildman–Crippen LogP) is 2.00. The summed E-state index contributed by atoms with van der Waals surface area (Å²) in [5.74, 6) is -0.759. The van der Waals surface area contributed by atoms with Crippen LogP contribution in [-0.2, 0) is 9.53 Å². The smallest absolute Gasteiger partial charge is 0.313 e. The number of anilines is 1. The molecule has 0 aliphatic carbocycles. The quantitative estimate of drug-likeness (QED) is 0.886. The van der Waals surface area contributed by atoms with Crippen molar-refractivity contribution >= 4 is 11.7 Å². The van der Waals surface area contributed by atoms with Crippen molar-refractivity contribution in [3.8, 4) is 0 Å². The summed E-state index contributed by atoms with van der Waals surface area (Å²) in [6.45, 7) is 1.45. The van der Waals surface area contributed by atoms with Gasteiger partial charge in [0.25, 0.3) is 0 Å². The maximum atomic E-state index is 11.5. The highest BCUT2D eigenvalue weighted by molar-refractivity contribution is 5.76. The molecule has 0 amide bonds. The number of rotatable bonds is 4. The van der Waals surface area contributed by atoms with Gasteiger partial charge in [-0.1, -0.05) is 18.2 Å².